The van der Waals surface area contributed by atoms with Gasteiger partial charge in [0.1, 0.15) is 0 Å². The van der Waals surface area contributed by atoms with E-state index in [0.717, 1.165) is 11.1 Å². The minimum absolute atomic E-state index is 0.414. The highest BCUT2D eigenvalue weighted by molar-refractivity contribution is 5.96. The summed E-state index contributed by atoms with van der Waals surface area (Å²) in [5, 5.41) is 3.22. The van der Waals surface area contributed by atoms with Gasteiger partial charge >= 0.3 is 5.97 Å². The molecule has 1 heterocycles. The van der Waals surface area contributed by atoms with Gasteiger partial charge in [0.15, 0.2) is 0 Å². The van der Waals surface area contributed by atoms with Crippen molar-refractivity contribution in [1.82, 2.24) is 4.98 Å². The third-order valence-electron chi connectivity index (χ3n) is 3.07. The molecule has 0 bridgehead atoms. The number of esters is 1. The lowest BCUT2D eigenvalue weighted by molar-refractivity contribution is 0.0602. The zero-order valence-corrected chi connectivity index (χ0v) is 11.5. The number of nitrogen functional groups attached to an aromatic ring is 1. The fourth-order valence-corrected chi connectivity index (χ4v) is 1.87. The molecule has 3 N–H and O–H groups in total. The van der Waals surface area contributed by atoms with Crippen molar-refractivity contribution in [1.29, 1.82) is 0 Å². The van der Waals surface area contributed by atoms with E-state index < -0.39 is 5.97 Å². The average Bonchev–Trinajstić information content (AvgIpc) is 2.46. The van der Waals surface area contributed by atoms with Crippen LogP contribution in [-0.2, 0) is 11.3 Å². The molecular weight excluding hydrogens is 254 g/mol. The van der Waals surface area contributed by atoms with E-state index in [2.05, 4.69) is 10.3 Å². The quantitative estimate of drug-likeness (QED) is 0.659. The number of nitrogens with one attached hydrogen (secondary N) is 1. The Labute approximate surface area is 117 Å². The molecule has 5 heteroatoms. The molecule has 0 aliphatic heterocycles. The van der Waals surface area contributed by atoms with Crippen molar-refractivity contribution in [2.24, 2.45) is 0 Å². The van der Waals surface area contributed by atoms with Crippen molar-refractivity contribution in [3.63, 3.8) is 0 Å². The summed E-state index contributed by atoms with van der Waals surface area (Å²) in [6.45, 7) is 2.59. The average molecular weight is 271 g/mol. The Morgan fingerprint density at radius 2 is 2.20 bits per heavy atom. The number of ether oxygens (including phenoxy) is 1. The molecule has 2 aromatic rings. The number of methoxy groups -OCH3 is 1. The highest BCUT2D eigenvalue weighted by Crippen LogP contribution is 2.21. The first kappa shape index (κ1) is 13.9. The van der Waals surface area contributed by atoms with Crippen molar-refractivity contribution in [2.45, 2.75) is 13.5 Å². The first-order chi connectivity index (χ1) is 9.61. The van der Waals surface area contributed by atoms with Gasteiger partial charge in [-0.3, -0.25) is 4.98 Å². The fourth-order valence-electron chi connectivity index (χ4n) is 1.87. The highest BCUT2D eigenvalue weighted by atomic mass is 16.5. The van der Waals surface area contributed by atoms with Gasteiger partial charge in [0, 0.05) is 30.3 Å². The first-order valence-corrected chi connectivity index (χ1v) is 6.23. The van der Waals surface area contributed by atoms with Gasteiger partial charge < -0.3 is 15.8 Å². The van der Waals surface area contributed by atoms with E-state index in [1.54, 1.807) is 30.6 Å². The number of benzene rings is 1. The van der Waals surface area contributed by atoms with E-state index in [4.69, 9.17) is 10.5 Å². The molecule has 0 saturated carbocycles. The van der Waals surface area contributed by atoms with Crippen molar-refractivity contribution in [3.8, 4) is 0 Å². The Balaban J connectivity index is 2.21. The number of nitrogens with two attached hydrogens (primary N) is 1. The predicted octanol–water partition coefficient (Wildman–Crippen LogP) is 2.37. The maximum absolute atomic E-state index is 11.7. The predicted molar refractivity (Wildman–Crippen MR) is 78.5 cm³/mol. The zero-order chi connectivity index (χ0) is 14.5. The number of aromatic nitrogens is 1. The number of carbonyl (C=O) groups excluding carboxylic acids is 1. The lowest BCUT2D eigenvalue weighted by Gasteiger charge is -2.12. The number of anilines is 2. The van der Waals surface area contributed by atoms with Crippen LogP contribution in [0.15, 0.2) is 36.7 Å². The van der Waals surface area contributed by atoms with Gasteiger partial charge in [0.2, 0.25) is 0 Å². The normalized spacial score (nSPS) is 10.1. The SMILES string of the molecule is COC(=O)c1cc(N)ccc1NCc1cnccc1C. The third-order valence-corrected chi connectivity index (χ3v) is 3.07. The zero-order valence-electron chi connectivity index (χ0n) is 11.5. The van der Waals surface area contributed by atoms with Crippen LogP contribution < -0.4 is 11.1 Å². The molecule has 0 aliphatic rings. The van der Waals surface area contributed by atoms with Crippen LogP contribution in [0.2, 0.25) is 0 Å². The van der Waals surface area contributed by atoms with Crippen LogP contribution >= 0.6 is 0 Å². The minimum atomic E-state index is -0.414. The molecule has 1 aromatic carbocycles. The summed E-state index contributed by atoms with van der Waals surface area (Å²) in [5.74, 6) is -0.414. The van der Waals surface area contributed by atoms with E-state index in [0.29, 0.717) is 23.5 Å². The lowest BCUT2D eigenvalue weighted by atomic mass is 10.1. The Bertz CT molecular complexity index is 626. The van der Waals surface area contributed by atoms with Gasteiger partial charge in [-0.25, -0.2) is 4.79 Å². The molecule has 2 rings (SSSR count). The van der Waals surface area contributed by atoms with Crippen LogP contribution in [0.1, 0.15) is 21.5 Å². The number of rotatable bonds is 4. The molecule has 0 saturated heterocycles. The van der Waals surface area contributed by atoms with Crippen molar-refractivity contribution >= 4 is 17.3 Å². The molecule has 104 valence electrons. The highest BCUT2D eigenvalue weighted by Gasteiger charge is 2.12. The minimum Gasteiger partial charge on any atom is -0.465 e. The molecule has 0 amide bonds. The van der Waals surface area contributed by atoms with Crippen LogP contribution in [0.5, 0.6) is 0 Å². The van der Waals surface area contributed by atoms with Crippen LogP contribution in [0.25, 0.3) is 0 Å². The van der Waals surface area contributed by atoms with Crippen LogP contribution in [0, 0.1) is 6.92 Å². The number of nitrogens with zero attached hydrogens (tertiary/aromatic N) is 1. The molecule has 0 aliphatic carbocycles. The lowest BCUT2D eigenvalue weighted by Crippen LogP contribution is -2.09. The number of carbonyl (C=O) groups is 1. The molecule has 0 fully saturated rings. The third kappa shape index (κ3) is 3.06. The van der Waals surface area contributed by atoms with Gasteiger partial charge in [0.25, 0.3) is 0 Å². The van der Waals surface area contributed by atoms with E-state index in [9.17, 15) is 4.79 Å². The number of pyridine rings is 1. The second-order valence-electron chi connectivity index (χ2n) is 4.45. The van der Waals surface area contributed by atoms with Gasteiger partial charge in [-0.1, -0.05) is 0 Å². The van der Waals surface area contributed by atoms with Gasteiger partial charge in [-0.15, -0.1) is 0 Å². The fraction of sp³-hybridized carbons (Fsp3) is 0.200. The van der Waals surface area contributed by atoms with Crippen LogP contribution in [0.4, 0.5) is 11.4 Å². The summed E-state index contributed by atoms with van der Waals surface area (Å²) in [7, 11) is 1.35. The maximum Gasteiger partial charge on any atom is 0.340 e. The van der Waals surface area contributed by atoms with Crippen molar-refractivity contribution in [2.75, 3.05) is 18.2 Å². The summed E-state index contributed by atoms with van der Waals surface area (Å²) in [4.78, 5) is 15.8. The Hall–Kier alpha value is -2.56. The van der Waals surface area contributed by atoms with Gasteiger partial charge in [-0.2, -0.15) is 0 Å². The summed E-state index contributed by atoms with van der Waals surface area (Å²) in [6.07, 6.45) is 3.55. The molecule has 0 unspecified atom stereocenters. The maximum atomic E-state index is 11.7. The first-order valence-electron chi connectivity index (χ1n) is 6.23. The van der Waals surface area contributed by atoms with E-state index >= 15 is 0 Å². The molecule has 0 spiro atoms. The van der Waals surface area contributed by atoms with E-state index in [1.807, 2.05) is 13.0 Å². The van der Waals surface area contributed by atoms with Crippen molar-refractivity contribution in [3.05, 3.63) is 53.3 Å². The Morgan fingerprint density at radius 1 is 1.40 bits per heavy atom. The second kappa shape index (κ2) is 6.06. The van der Waals surface area contributed by atoms with Crippen LogP contribution in [0.3, 0.4) is 0 Å². The number of hydrogen-bond acceptors (Lipinski definition) is 5. The van der Waals surface area contributed by atoms with E-state index in [-0.39, 0.29) is 0 Å². The standard InChI is InChI=1S/C15H17N3O2/c1-10-5-6-17-8-11(10)9-18-14-4-3-12(16)7-13(14)15(19)20-2/h3-8,18H,9,16H2,1-2H3. The summed E-state index contributed by atoms with van der Waals surface area (Å²) >= 11 is 0. The molecular formula is C15H17N3O2. The van der Waals surface area contributed by atoms with Crippen LogP contribution in [-0.4, -0.2) is 18.1 Å². The van der Waals surface area contributed by atoms with Crippen molar-refractivity contribution < 1.29 is 9.53 Å². The number of aryl methyl sites for hydroxylation is 1. The second-order valence-corrected chi connectivity index (χ2v) is 4.45. The summed E-state index contributed by atoms with van der Waals surface area (Å²) in [5.41, 5.74) is 9.55. The Morgan fingerprint density at radius 3 is 2.90 bits per heavy atom. The smallest absolute Gasteiger partial charge is 0.340 e. The monoisotopic (exact) mass is 271 g/mol. The van der Waals surface area contributed by atoms with E-state index in [1.165, 1.54) is 7.11 Å². The molecule has 0 atom stereocenters. The van der Waals surface area contributed by atoms with Gasteiger partial charge in [-0.05, 0) is 42.3 Å². The summed E-state index contributed by atoms with van der Waals surface area (Å²) < 4.78 is 4.76. The molecule has 5 nitrogen and oxygen atoms in total. The topological polar surface area (TPSA) is 77.2 Å². The largest absolute Gasteiger partial charge is 0.465 e. The molecule has 1 aromatic heterocycles. The van der Waals surface area contributed by atoms with Gasteiger partial charge in [0.05, 0.1) is 12.7 Å². The Kier molecular flexibility index (Phi) is 4.20. The molecule has 20 heavy (non-hydrogen) atoms. The number of hydrogen-bond donors (Lipinski definition) is 2. The molecule has 0 radical (unpaired) electrons. The summed E-state index contributed by atoms with van der Waals surface area (Å²) in [6, 6.07) is 7.06.